The smallest absolute Gasteiger partial charge is 0.336 e. The van der Waals surface area contributed by atoms with Gasteiger partial charge in [0.25, 0.3) is 0 Å². The van der Waals surface area contributed by atoms with Gasteiger partial charge in [-0.05, 0) is 52.9 Å². The largest absolute Gasteiger partial charge is 0.478 e. The molecule has 0 amide bonds. The summed E-state index contributed by atoms with van der Waals surface area (Å²) in [5.74, 6) is -0.262. The van der Waals surface area contributed by atoms with Crippen molar-refractivity contribution >= 4 is 27.6 Å². The third kappa shape index (κ3) is 3.70. The predicted molar refractivity (Wildman–Crippen MR) is 77.9 cm³/mol. The Balaban J connectivity index is 2.04. The van der Waals surface area contributed by atoms with Crippen molar-refractivity contribution in [1.82, 2.24) is 0 Å². The Hall–Kier alpha value is -1.07. The number of halogens is 1. The number of anilines is 1. The summed E-state index contributed by atoms with van der Waals surface area (Å²) in [6.45, 7) is 2.67. The van der Waals surface area contributed by atoms with Crippen molar-refractivity contribution in [2.24, 2.45) is 5.92 Å². The number of carbonyl (C=O) groups is 1. The maximum Gasteiger partial charge on any atom is 0.336 e. The molecule has 0 radical (unpaired) electrons. The van der Waals surface area contributed by atoms with Crippen LogP contribution in [0.3, 0.4) is 0 Å². The van der Waals surface area contributed by atoms with Gasteiger partial charge in [-0.15, -0.1) is 0 Å². The summed E-state index contributed by atoms with van der Waals surface area (Å²) in [5, 5.41) is 9.00. The molecule has 104 valence electrons. The first kappa shape index (κ1) is 14.3. The highest BCUT2D eigenvalue weighted by Crippen LogP contribution is 2.25. The van der Waals surface area contributed by atoms with Gasteiger partial charge in [-0.3, -0.25) is 0 Å². The monoisotopic (exact) mass is 327 g/mol. The van der Waals surface area contributed by atoms with Crippen molar-refractivity contribution < 1.29 is 14.6 Å². The molecule has 0 atom stereocenters. The van der Waals surface area contributed by atoms with Crippen LogP contribution in [0.1, 0.15) is 23.2 Å². The Morgan fingerprint density at radius 1 is 1.47 bits per heavy atom. The molecular formula is C14H18BrNO3. The number of carboxylic acid groups (broad SMARTS) is 1. The van der Waals surface area contributed by atoms with Crippen LogP contribution in [0, 0.1) is 5.92 Å². The van der Waals surface area contributed by atoms with Gasteiger partial charge in [0, 0.05) is 37.0 Å². The number of benzene rings is 1. The topological polar surface area (TPSA) is 49.8 Å². The number of hydrogen-bond acceptors (Lipinski definition) is 3. The second-order valence-electron chi connectivity index (χ2n) is 4.91. The van der Waals surface area contributed by atoms with Crippen molar-refractivity contribution in [2.75, 3.05) is 31.7 Å². The van der Waals surface area contributed by atoms with Crippen LogP contribution in [-0.4, -0.2) is 37.9 Å². The van der Waals surface area contributed by atoms with E-state index in [0.29, 0.717) is 16.0 Å². The molecule has 19 heavy (non-hydrogen) atoms. The maximum atomic E-state index is 11.0. The second kappa shape index (κ2) is 6.39. The zero-order valence-electron chi connectivity index (χ0n) is 10.9. The van der Waals surface area contributed by atoms with Crippen molar-refractivity contribution in [2.45, 2.75) is 12.8 Å². The minimum Gasteiger partial charge on any atom is -0.478 e. The van der Waals surface area contributed by atoms with Crippen LogP contribution in [0.5, 0.6) is 0 Å². The predicted octanol–water partition coefficient (Wildman–Crippen LogP) is 3.01. The van der Waals surface area contributed by atoms with E-state index in [4.69, 9.17) is 9.84 Å². The van der Waals surface area contributed by atoms with Crippen LogP contribution in [-0.2, 0) is 4.74 Å². The first-order chi connectivity index (χ1) is 9.08. The van der Waals surface area contributed by atoms with Crippen molar-refractivity contribution in [1.29, 1.82) is 0 Å². The van der Waals surface area contributed by atoms with Gasteiger partial charge in [0.05, 0.1) is 5.56 Å². The lowest BCUT2D eigenvalue weighted by Crippen LogP contribution is -2.29. The normalized spacial score (nSPS) is 16.3. The van der Waals surface area contributed by atoms with E-state index in [1.807, 2.05) is 19.2 Å². The van der Waals surface area contributed by atoms with E-state index in [2.05, 4.69) is 20.8 Å². The van der Waals surface area contributed by atoms with Crippen molar-refractivity contribution in [3.8, 4) is 0 Å². The van der Waals surface area contributed by atoms with Crippen LogP contribution in [0.15, 0.2) is 22.7 Å². The Morgan fingerprint density at radius 3 is 2.74 bits per heavy atom. The first-order valence-corrected chi connectivity index (χ1v) is 7.19. The summed E-state index contributed by atoms with van der Waals surface area (Å²) in [5.41, 5.74) is 1.33. The SMILES string of the molecule is CN(CC1CCOCC1)c1ccc(C(=O)O)c(Br)c1. The molecule has 4 nitrogen and oxygen atoms in total. The lowest BCUT2D eigenvalue weighted by atomic mass is 9.99. The summed E-state index contributed by atoms with van der Waals surface area (Å²) < 4.78 is 5.98. The van der Waals surface area contributed by atoms with Gasteiger partial charge in [0.2, 0.25) is 0 Å². The molecule has 1 aromatic rings. The summed E-state index contributed by atoms with van der Waals surface area (Å²) in [6, 6.07) is 5.36. The van der Waals surface area contributed by atoms with Crippen LogP contribution >= 0.6 is 15.9 Å². The molecule has 0 spiro atoms. The minimum atomic E-state index is -0.912. The molecule has 5 heteroatoms. The van der Waals surface area contributed by atoms with Crippen molar-refractivity contribution in [3.63, 3.8) is 0 Å². The first-order valence-electron chi connectivity index (χ1n) is 6.39. The van der Waals surface area contributed by atoms with E-state index in [1.165, 1.54) is 0 Å². The number of hydrogen-bond donors (Lipinski definition) is 1. The number of aromatic carboxylic acids is 1. The molecule has 1 fully saturated rings. The quantitative estimate of drug-likeness (QED) is 0.923. The molecule has 1 aliphatic rings. The van der Waals surface area contributed by atoms with Gasteiger partial charge in [-0.25, -0.2) is 4.79 Å². The van der Waals surface area contributed by atoms with Crippen LogP contribution in [0.4, 0.5) is 5.69 Å². The van der Waals surface area contributed by atoms with E-state index < -0.39 is 5.97 Å². The van der Waals surface area contributed by atoms with E-state index >= 15 is 0 Å². The highest BCUT2D eigenvalue weighted by Gasteiger charge is 2.17. The van der Waals surface area contributed by atoms with Gasteiger partial charge in [-0.2, -0.15) is 0 Å². The van der Waals surface area contributed by atoms with Crippen LogP contribution in [0.2, 0.25) is 0 Å². The van der Waals surface area contributed by atoms with Gasteiger partial charge in [-0.1, -0.05) is 0 Å². The van der Waals surface area contributed by atoms with E-state index in [0.717, 1.165) is 38.3 Å². The third-order valence-electron chi connectivity index (χ3n) is 3.50. The number of carboxylic acids is 1. The molecule has 1 aliphatic heterocycles. The van der Waals surface area contributed by atoms with Crippen molar-refractivity contribution in [3.05, 3.63) is 28.2 Å². The number of rotatable bonds is 4. The molecule has 1 saturated heterocycles. The van der Waals surface area contributed by atoms with E-state index in [1.54, 1.807) is 6.07 Å². The lowest BCUT2D eigenvalue weighted by Gasteiger charge is -2.28. The summed E-state index contributed by atoms with van der Waals surface area (Å²) in [4.78, 5) is 13.1. The van der Waals surface area contributed by atoms with Crippen LogP contribution < -0.4 is 4.90 Å². The zero-order valence-corrected chi connectivity index (χ0v) is 12.5. The summed E-state index contributed by atoms with van der Waals surface area (Å²) in [6.07, 6.45) is 2.19. The number of nitrogens with zero attached hydrogens (tertiary/aromatic N) is 1. The Kier molecular flexibility index (Phi) is 4.82. The Bertz CT molecular complexity index is 458. The molecule has 1 aromatic carbocycles. The molecule has 0 unspecified atom stereocenters. The zero-order chi connectivity index (χ0) is 13.8. The van der Waals surface area contributed by atoms with Gasteiger partial charge >= 0.3 is 5.97 Å². The highest BCUT2D eigenvalue weighted by atomic mass is 79.9. The molecule has 2 rings (SSSR count). The van der Waals surface area contributed by atoms with Gasteiger partial charge in [0.1, 0.15) is 0 Å². The average molecular weight is 328 g/mol. The minimum absolute atomic E-state index is 0.295. The van der Waals surface area contributed by atoms with Gasteiger partial charge < -0.3 is 14.7 Å². The Morgan fingerprint density at radius 2 is 2.16 bits per heavy atom. The fraction of sp³-hybridized carbons (Fsp3) is 0.500. The van der Waals surface area contributed by atoms with Gasteiger partial charge in [0.15, 0.2) is 0 Å². The average Bonchev–Trinajstić information content (AvgIpc) is 2.39. The summed E-state index contributed by atoms with van der Waals surface area (Å²) in [7, 11) is 2.04. The van der Waals surface area contributed by atoms with E-state index in [-0.39, 0.29) is 0 Å². The molecule has 0 aliphatic carbocycles. The Labute approximate surface area is 121 Å². The van der Waals surface area contributed by atoms with Crippen LogP contribution in [0.25, 0.3) is 0 Å². The lowest BCUT2D eigenvalue weighted by molar-refractivity contribution is 0.0683. The fourth-order valence-corrected chi connectivity index (χ4v) is 2.87. The molecular weight excluding hydrogens is 310 g/mol. The summed E-state index contributed by atoms with van der Waals surface area (Å²) >= 11 is 3.31. The maximum absolute atomic E-state index is 11.0. The second-order valence-corrected chi connectivity index (χ2v) is 5.76. The molecule has 0 aromatic heterocycles. The standard InChI is InChI=1S/C14H18BrNO3/c1-16(9-10-4-6-19-7-5-10)11-2-3-12(14(17)18)13(15)8-11/h2-3,8,10H,4-7,9H2,1H3,(H,17,18). The molecule has 1 N–H and O–H groups in total. The highest BCUT2D eigenvalue weighted by molar-refractivity contribution is 9.10. The number of ether oxygens (including phenoxy) is 1. The third-order valence-corrected chi connectivity index (χ3v) is 4.15. The molecule has 1 heterocycles. The van der Waals surface area contributed by atoms with E-state index in [9.17, 15) is 4.79 Å². The fourth-order valence-electron chi connectivity index (χ4n) is 2.34. The molecule has 0 bridgehead atoms. The molecule has 0 saturated carbocycles.